The molecule has 1 unspecified atom stereocenters. The van der Waals surface area contributed by atoms with Crippen molar-refractivity contribution in [1.29, 1.82) is 0 Å². The zero-order valence-electron chi connectivity index (χ0n) is 8.33. The minimum atomic E-state index is -0.178. The number of aryl methyl sites for hydroxylation is 2. The third-order valence-corrected chi connectivity index (χ3v) is 2.15. The van der Waals surface area contributed by atoms with Gasteiger partial charge < -0.3 is 5.11 Å². The van der Waals surface area contributed by atoms with Gasteiger partial charge in [-0.25, -0.2) is 0 Å². The molecule has 0 bridgehead atoms. The van der Waals surface area contributed by atoms with Crippen molar-refractivity contribution in [3.05, 3.63) is 29.6 Å². The van der Waals surface area contributed by atoms with Crippen molar-refractivity contribution in [2.24, 2.45) is 0 Å². The first-order valence-electron chi connectivity index (χ1n) is 4.83. The minimum Gasteiger partial charge on any atom is -0.393 e. The van der Waals surface area contributed by atoms with Gasteiger partial charge >= 0.3 is 0 Å². The Hall–Kier alpha value is -0.890. The number of hydrogen-bond donors (Lipinski definition) is 1. The molecule has 1 atom stereocenters. The van der Waals surface area contributed by atoms with E-state index in [1.54, 1.807) is 0 Å². The smallest absolute Gasteiger partial charge is 0.0541 e. The van der Waals surface area contributed by atoms with Crippen LogP contribution < -0.4 is 0 Å². The number of rotatable bonds is 4. The van der Waals surface area contributed by atoms with E-state index in [-0.39, 0.29) is 6.10 Å². The fraction of sp³-hybridized carbons (Fsp3) is 0.545. The van der Waals surface area contributed by atoms with Crippen LogP contribution >= 0.6 is 0 Å². The van der Waals surface area contributed by atoms with E-state index in [4.69, 9.17) is 0 Å². The fourth-order valence-corrected chi connectivity index (χ4v) is 1.26. The average molecular weight is 179 g/mol. The third kappa shape index (κ3) is 3.55. The highest BCUT2D eigenvalue weighted by Crippen LogP contribution is 2.05. The quantitative estimate of drug-likeness (QED) is 0.767. The van der Waals surface area contributed by atoms with Gasteiger partial charge in [0, 0.05) is 11.4 Å². The largest absolute Gasteiger partial charge is 0.393 e. The van der Waals surface area contributed by atoms with Crippen LogP contribution in [0.25, 0.3) is 0 Å². The molecule has 0 saturated heterocycles. The first-order chi connectivity index (χ1) is 6.22. The zero-order chi connectivity index (χ0) is 9.68. The lowest BCUT2D eigenvalue weighted by Gasteiger charge is -2.06. The summed E-state index contributed by atoms with van der Waals surface area (Å²) in [6.45, 7) is 3.98. The number of aromatic nitrogens is 1. The van der Waals surface area contributed by atoms with Crippen LogP contribution in [0.5, 0.6) is 0 Å². The van der Waals surface area contributed by atoms with E-state index >= 15 is 0 Å². The molecule has 1 aromatic rings. The number of aliphatic hydroxyl groups excluding tert-OH is 1. The Morgan fingerprint density at radius 1 is 1.46 bits per heavy atom. The molecular weight excluding hydrogens is 162 g/mol. The van der Waals surface area contributed by atoms with Crippen molar-refractivity contribution in [2.45, 2.75) is 39.2 Å². The SMILES string of the molecule is CCC(O)CCc1cccc(C)n1. The van der Waals surface area contributed by atoms with Crippen LogP contribution in [-0.4, -0.2) is 16.2 Å². The maximum atomic E-state index is 9.36. The Bertz CT molecular complexity index is 260. The van der Waals surface area contributed by atoms with E-state index in [2.05, 4.69) is 4.98 Å². The fourth-order valence-electron chi connectivity index (χ4n) is 1.26. The Morgan fingerprint density at radius 2 is 2.23 bits per heavy atom. The maximum absolute atomic E-state index is 9.36. The van der Waals surface area contributed by atoms with Gasteiger partial charge in [0.25, 0.3) is 0 Å². The van der Waals surface area contributed by atoms with Gasteiger partial charge in [-0.3, -0.25) is 4.98 Å². The molecule has 2 nitrogen and oxygen atoms in total. The predicted octanol–water partition coefficient (Wildman–Crippen LogP) is 2.09. The van der Waals surface area contributed by atoms with Crippen molar-refractivity contribution in [3.63, 3.8) is 0 Å². The van der Waals surface area contributed by atoms with Crippen LogP contribution in [0.4, 0.5) is 0 Å². The summed E-state index contributed by atoms with van der Waals surface area (Å²) in [5, 5.41) is 9.36. The van der Waals surface area contributed by atoms with Crippen molar-refractivity contribution in [3.8, 4) is 0 Å². The first-order valence-corrected chi connectivity index (χ1v) is 4.83. The lowest BCUT2D eigenvalue weighted by molar-refractivity contribution is 0.160. The molecule has 0 aliphatic carbocycles. The number of pyridine rings is 1. The summed E-state index contributed by atoms with van der Waals surface area (Å²) in [4.78, 5) is 4.37. The first kappa shape index (κ1) is 10.2. The molecule has 1 heterocycles. The summed E-state index contributed by atoms with van der Waals surface area (Å²) < 4.78 is 0. The molecule has 0 spiro atoms. The standard InChI is InChI=1S/C11H17NO/c1-3-11(13)8-7-10-6-4-5-9(2)12-10/h4-6,11,13H,3,7-8H2,1-2H3. The molecule has 0 aliphatic rings. The summed E-state index contributed by atoms with van der Waals surface area (Å²) in [6.07, 6.45) is 2.33. The van der Waals surface area contributed by atoms with Gasteiger partial charge in [0.1, 0.15) is 0 Å². The van der Waals surface area contributed by atoms with Crippen LogP contribution in [0, 0.1) is 6.92 Å². The number of aliphatic hydroxyl groups is 1. The molecule has 1 N–H and O–H groups in total. The highest BCUT2D eigenvalue weighted by molar-refractivity contribution is 5.09. The highest BCUT2D eigenvalue weighted by atomic mass is 16.3. The topological polar surface area (TPSA) is 33.1 Å². The highest BCUT2D eigenvalue weighted by Gasteiger charge is 2.01. The summed E-state index contributed by atoms with van der Waals surface area (Å²) in [6, 6.07) is 6.01. The molecule has 72 valence electrons. The summed E-state index contributed by atoms with van der Waals surface area (Å²) in [5.74, 6) is 0. The van der Waals surface area contributed by atoms with E-state index < -0.39 is 0 Å². The lowest BCUT2D eigenvalue weighted by Crippen LogP contribution is -2.06. The van der Waals surface area contributed by atoms with Crippen LogP contribution in [0.1, 0.15) is 31.2 Å². The van der Waals surface area contributed by atoms with E-state index in [1.165, 1.54) is 0 Å². The van der Waals surface area contributed by atoms with Gasteiger partial charge in [-0.05, 0) is 38.3 Å². The monoisotopic (exact) mass is 179 g/mol. The molecule has 0 fully saturated rings. The van der Waals surface area contributed by atoms with E-state index in [1.807, 2.05) is 32.0 Å². The maximum Gasteiger partial charge on any atom is 0.0541 e. The Kier molecular flexibility index (Phi) is 3.90. The molecule has 0 saturated carbocycles. The summed E-state index contributed by atoms with van der Waals surface area (Å²) in [5.41, 5.74) is 2.12. The molecule has 0 aliphatic heterocycles. The van der Waals surface area contributed by atoms with Crippen molar-refractivity contribution >= 4 is 0 Å². The van der Waals surface area contributed by atoms with Crippen LogP contribution in [0.15, 0.2) is 18.2 Å². The van der Waals surface area contributed by atoms with Gasteiger partial charge in [-0.1, -0.05) is 13.0 Å². The zero-order valence-corrected chi connectivity index (χ0v) is 8.33. The number of nitrogens with zero attached hydrogens (tertiary/aromatic N) is 1. The van der Waals surface area contributed by atoms with Gasteiger partial charge in [-0.15, -0.1) is 0 Å². The molecule has 13 heavy (non-hydrogen) atoms. The van der Waals surface area contributed by atoms with Gasteiger partial charge in [0.2, 0.25) is 0 Å². The molecule has 2 heteroatoms. The number of hydrogen-bond acceptors (Lipinski definition) is 2. The van der Waals surface area contributed by atoms with Gasteiger partial charge in [0.05, 0.1) is 6.10 Å². The molecular formula is C11H17NO. The molecule has 1 rings (SSSR count). The Morgan fingerprint density at radius 3 is 2.85 bits per heavy atom. The predicted molar refractivity (Wildman–Crippen MR) is 53.6 cm³/mol. The second-order valence-electron chi connectivity index (χ2n) is 3.37. The van der Waals surface area contributed by atoms with Crippen molar-refractivity contribution in [2.75, 3.05) is 0 Å². The van der Waals surface area contributed by atoms with Gasteiger partial charge in [0.15, 0.2) is 0 Å². The van der Waals surface area contributed by atoms with E-state index in [0.717, 1.165) is 30.7 Å². The lowest BCUT2D eigenvalue weighted by atomic mass is 10.1. The summed E-state index contributed by atoms with van der Waals surface area (Å²) in [7, 11) is 0. The second-order valence-corrected chi connectivity index (χ2v) is 3.37. The molecule has 0 radical (unpaired) electrons. The van der Waals surface area contributed by atoms with E-state index in [0.29, 0.717) is 0 Å². The van der Waals surface area contributed by atoms with Crippen LogP contribution in [0.3, 0.4) is 0 Å². The van der Waals surface area contributed by atoms with Gasteiger partial charge in [-0.2, -0.15) is 0 Å². The average Bonchev–Trinajstić information content (AvgIpc) is 2.14. The molecule has 1 aromatic heterocycles. The minimum absolute atomic E-state index is 0.178. The van der Waals surface area contributed by atoms with Crippen LogP contribution in [0.2, 0.25) is 0 Å². The van der Waals surface area contributed by atoms with Crippen molar-refractivity contribution in [1.82, 2.24) is 4.98 Å². The van der Waals surface area contributed by atoms with Crippen molar-refractivity contribution < 1.29 is 5.11 Å². The Balaban J connectivity index is 2.45. The summed E-state index contributed by atoms with van der Waals surface area (Å²) >= 11 is 0. The molecule has 0 amide bonds. The Labute approximate surface area is 79.6 Å². The molecule has 0 aromatic carbocycles. The second kappa shape index (κ2) is 4.97. The van der Waals surface area contributed by atoms with Crippen LogP contribution in [-0.2, 0) is 6.42 Å². The third-order valence-electron chi connectivity index (χ3n) is 2.15. The normalized spacial score (nSPS) is 12.8. The van der Waals surface area contributed by atoms with E-state index in [9.17, 15) is 5.11 Å².